The lowest BCUT2D eigenvalue weighted by Crippen LogP contribution is -2.15. The van der Waals surface area contributed by atoms with Crippen molar-refractivity contribution in [3.05, 3.63) is 84.4 Å². The molecule has 172 valence electrons. The van der Waals surface area contributed by atoms with Crippen LogP contribution in [0.1, 0.15) is 41.7 Å². The number of hydrogen-bond acceptors (Lipinski definition) is 6. The lowest BCUT2D eigenvalue weighted by molar-refractivity contribution is 0.0690. The molecule has 0 bridgehead atoms. The molecule has 2 aromatic carbocycles. The van der Waals surface area contributed by atoms with Crippen molar-refractivity contribution in [2.24, 2.45) is 0 Å². The number of rotatable bonds is 7. The Kier molecular flexibility index (Phi) is 6.44. The number of aromatic carboxylic acids is 1. The summed E-state index contributed by atoms with van der Waals surface area (Å²) in [5, 5.41) is 16.5. The van der Waals surface area contributed by atoms with E-state index >= 15 is 0 Å². The van der Waals surface area contributed by atoms with E-state index in [0.29, 0.717) is 6.04 Å². The van der Waals surface area contributed by atoms with E-state index in [2.05, 4.69) is 68.1 Å². The molecule has 2 aliphatic rings. The minimum Gasteiger partial charge on any atom is -0.477 e. The zero-order valence-electron chi connectivity index (χ0n) is 18.8. The fourth-order valence-corrected chi connectivity index (χ4v) is 3.67. The van der Waals surface area contributed by atoms with Gasteiger partial charge in [0.15, 0.2) is 0 Å². The molecule has 0 aliphatic heterocycles. The van der Waals surface area contributed by atoms with E-state index in [-0.39, 0.29) is 5.69 Å². The van der Waals surface area contributed by atoms with E-state index in [1.54, 1.807) is 18.5 Å². The van der Waals surface area contributed by atoms with Gasteiger partial charge in [-0.2, -0.15) is 0 Å². The van der Waals surface area contributed by atoms with Gasteiger partial charge >= 0.3 is 5.97 Å². The highest BCUT2D eigenvalue weighted by Crippen LogP contribution is 2.31. The Hall–Kier alpha value is -3.84. The molecule has 0 spiro atoms. The summed E-state index contributed by atoms with van der Waals surface area (Å²) >= 11 is 0. The first-order valence-electron chi connectivity index (χ1n) is 11.6. The number of hydrogen-bond donors (Lipinski definition) is 3. The summed E-state index contributed by atoms with van der Waals surface area (Å²) in [6, 6.07) is 21.4. The number of nitrogens with one attached hydrogen (secondary N) is 2. The van der Waals surface area contributed by atoms with Crippen molar-refractivity contribution in [3.8, 4) is 11.1 Å². The number of benzene rings is 2. The van der Waals surface area contributed by atoms with Gasteiger partial charge in [0, 0.05) is 30.2 Å². The molecule has 0 radical (unpaired) electrons. The molecule has 2 heterocycles. The monoisotopic (exact) mass is 453 g/mol. The van der Waals surface area contributed by atoms with Gasteiger partial charge in [0.1, 0.15) is 17.8 Å². The van der Waals surface area contributed by atoms with Crippen LogP contribution < -0.4 is 10.6 Å². The average molecular weight is 454 g/mol. The van der Waals surface area contributed by atoms with Crippen LogP contribution in [-0.4, -0.2) is 38.1 Å². The molecule has 0 saturated heterocycles. The zero-order valence-corrected chi connectivity index (χ0v) is 18.8. The number of pyridine rings is 1. The second kappa shape index (κ2) is 9.97. The number of carbonyl (C=O) groups is 1. The number of aromatic nitrogens is 3. The number of carboxylic acids is 1. The Labute approximate surface area is 198 Å². The van der Waals surface area contributed by atoms with Gasteiger partial charge in [-0.25, -0.2) is 19.7 Å². The van der Waals surface area contributed by atoms with Crippen molar-refractivity contribution >= 4 is 22.7 Å². The third kappa shape index (κ3) is 5.74. The average Bonchev–Trinajstić information content (AvgIpc) is 3.80. The Morgan fingerprint density at radius 1 is 0.882 bits per heavy atom. The molecule has 6 rings (SSSR count). The van der Waals surface area contributed by atoms with E-state index < -0.39 is 5.97 Å². The smallest absolute Gasteiger partial charge is 0.354 e. The number of anilines is 1. The van der Waals surface area contributed by atoms with Gasteiger partial charge < -0.3 is 15.7 Å². The van der Waals surface area contributed by atoms with Gasteiger partial charge in [0.2, 0.25) is 0 Å². The van der Waals surface area contributed by atoms with Crippen molar-refractivity contribution in [2.45, 2.75) is 44.3 Å². The summed E-state index contributed by atoms with van der Waals surface area (Å²) in [6.07, 6.45) is 8.21. The summed E-state index contributed by atoms with van der Waals surface area (Å²) in [5.41, 5.74) is 4.88. The van der Waals surface area contributed by atoms with E-state index in [0.717, 1.165) is 29.3 Å². The van der Waals surface area contributed by atoms with Crippen LogP contribution in [0.25, 0.3) is 22.0 Å². The quantitative estimate of drug-likeness (QED) is 0.366. The van der Waals surface area contributed by atoms with E-state index in [1.807, 2.05) is 0 Å². The summed E-state index contributed by atoms with van der Waals surface area (Å²) in [4.78, 5) is 22.6. The maximum absolute atomic E-state index is 10.1. The highest BCUT2D eigenvalue weighted by molar-refractivity contribution is 5.92. The second-order valence-corrected chi connectivity index (χ2v) is 8.75. The first-order valence-corrected chi connectivity index (χ1v) is 11.6. The predicted molar refractivity (Wildman–Crippen MR) is 133 cm³/mol. The minimum atomic E-state index is -0.990. The molecule has 7 heteroatoms. The summed E-state index contributed by atoms with van der Waals surface area (Å²) < 4.78 is 0. The summed E-state index contributed by atoms with van der Waals surface area (Å²) in [5.74, 6) is -0.0310. The SMILES string of the molecule is O=C(O)c1ccccn1.c1cc(CNC2CC2)cc(-c2ccc3ncnc(NC4CC4)c3c2)c1. The molecule has 2 saturated carbocycles. The minimum absolute atomic E-state index is 0.0810. The van der Waals surface area contributed by atoms with Gasteiger partial charge in [0.05, 0.1) is 5.52 Å². The van der Waals surface area contributed by atoms with Gasteiger partial charge in [-0.05, 0) is 72.7 Å². The van der Waals surface area contributed by atoms with E-state index in [1.165, 1.54) is 54.6 Å². The lowest BCUT2D eigenvalue weighted by Gasteiger charge is -2.10. The Morgan fingerprint density at radius 2 is 1.71 bits per heavy atom. The molecule has 0 unspecified atom stereocenters. The number of fused-ring (bicyclic) bond motifs is 1. The predicted octanol–water partition coefficient (Wildman–Crippen LogP) is 4.90. The molecule has 4 aromatic rings. The van der Waals surface area contributed by atoms with Crippen molar-refractivity contribution in [1.29, 1.82) is 0 Å². The zero-order chi connectivity index (χ0) is 23.3. The fraction of sp³-hybridized carbons (Fsp3) is 0.259. The van der Waals surface area contributed by atoms with Gasteiger partial charge in [-0.15, -0.1) is 0 Å². The Balaban J connectivity index is 0.000000227. The molecule has 7 nitrogen and oxygen atoms in total. The topological polar surface area (TPSA) is 100 Å². The Bertz CT molecular complexity index is 1290. The van der Waals surface area contributed by atoms with Crippen LogP contribution in [0.4, 0.5) is 5.82 Å². The molecular formula is C27H27N5O2. The standard InChI is InChI=1S/C21H22N4.C6H5NO2/c1-2-14(12-22-17-5-6-17)10-15(3-1)16-4-9-20-19(11-16)21(24-13-23-20)25-18-7-8-18;8-6(9)5-3-1-2-4-7-5/h1-4,9-11,13,17-18,22H,5-8,12H2,(H,23,24,25);1-4H,(H,8,9). The Morgan fingerprint density at radius 3 is 2.41 bits per heavy atom. The van der Waals surface area contributed by atoms with Crippen LogP contribution in [-0.2, 0) is 6.54 Å². The molecular weight excluding hydrogens is 426 g/mol. The van der Waals surface area contributed by atoms with Crippen molar-refractivity contribution in [2.75, 3.05) is 5.32 Å². The van der Waals surface area contributed by atoms with Crippen LogP contribution >= 0.6 is 0 Å². The first kappa shape index (κ1) is 22.0. The van der Waals surface area contributed by atoms with Gasteiger partial charge in [-0.1, -0.05) is 30.3 Å². The lowest BCUT2D eigenvalue weighted by atomic mass is 10.0. The van der Waals surface area contributed by atoms with E-state index in [4.69, 9.17) is 5.11 Å². The first-order chi connectivity index (χ1) is 16.7. The number of carboxylic acid groups (broad SMARTS) is 1. The molecule has 0 atom stereocenters. The van der Waals surface area contributed by atoms with Crippen LogP contribution in [0.2, 0.25) is 0 Å². The maximum Gasteiger partial charge on any atom is 0.354 e. The highest BCUT2D eigenvalue weighted by Gasteiger charge is 2.22. The molecule has 0 amide bonds. The van der Waals surface area contributed by atoms with Gasteiger partial charge in [-0.3, -0.25) is 0 Å². The van der Waals surface area contributed by atoms with Crippen LogP contribution in [0, 0.1) is 0 Å². The molecule has 3 N–H and O–H groups in total. The van der Waals surface area contributed by atoms with Crippen LogP contribution in [0.3, 0.4) is 0 Å². The second-order valence-electron chi connectivity index (χ2n) is 8.75. The molecule has 2 aromatic heterocycles. The summed E-state index contributed by atoms with van der Waals surface area (Å²) in [6.45, 7) is 0.948. The van der Waals surface area contributed by atoms with Crippen molar-refractivity contribution in [3.63, 3.8) is 0 Å². The van der Waals surface area contributed by atoms with Crippen LogP contribution in [0.15, 0.2) is 73.2 Å². The normalized spacial score (nSPS) is 14.8. The third-order valence-electron chi connectivity index (χ3n) is 5.87. The van der Waals surface area contributed by atoms with E-state index in [9.17, 15) is 4.79 Å². The molecule has 2 fully saturated rings. The maximum atomic E-state index is 10.1. The third-order valence-corrected chi connectivity index (χ3v) is 5.87. The van der Waals surface area contributed by atoms with Crippen LogP contribution in [0.5, 0.6) is 0 Å². The number of nitrogens with zero attached hydrogens (tertiary/aromatic N) is 3. The fourth-order valence-electron chi connectivity index (χ4n) is 3.67. The largest absolute Gasteiger partial charge is 0.477 e. The van der Waals surface area contributed by atoms with Crippen molar-refractivity contribution in [1.82, 2.24) is 20.3 Å². The summed E-state index contributed by atoms with van der Waals surface area (Å²) in [7, 11) is 0. The van der Waals surface area contributed by atoms with Crippen molar-refractivity contribution < 1.29 is 9.90 Å². The molecule has 34 heavy (non-hydrogen) atoms. The molecule has 2 aliphatic carbocycles. The highest BCUT2D eigenvalue weighted by atomic mass is 16.4. The van der Waals surface area contributed by atoms with Gasteiger partial charge in [0.25, 0.3) is 0 Å².